The van der Waals surface area contributed by atoms with Gasteiger partial charge in [0.2, 0.25) is 11.8 Å². The molecule has 0 bridgehead atoms. The van der Waals surface area contributed by atoms with Crippen LogP contribution in [0.25, 0.3) is 6.08 Å². The molecule has 2 N–H and O–H groups in total. The van der Waals surface area contributed by atoms with Crippen LogP contribution in [0, 0.1) is 0 Å². The number of thiocarbonyl (C=S) groups is 1. The Balaban J connectivity index is 1.93. The quantitative estimate of drug-likeness (QED) is 0.559. The van der Waals surface area contributed by atoms with Gasteiger partial charge in [-0.2, -0.15) is 0 Å². The van der Waals surface area contributed by atoms with E-state index in [-0.39, 0.29) is 16.9 Å². The first-order chi connectivity index (χ1) is 13.8. The number of carbonyl (C=O) groups is 2. The zero-order valence-corrected chi connectivity index (χ0v) is 17.5. The van der Waals surface area contributed by atoms with Crippen LogP contribution in [0.1, 0.15) is 12.5 Å². The lowest BCUT2D eigenvalue weighted by Crippen LogP contribution is -2.32. The van der Waals surface area contributed by atoms with Crippen molar-refractivity contribution >= 4 is 46.6 Å². The third-order valence-electron chi connectivity index (χ3n) is 4.06. The first-order valence-corrected chi connectivity index (χ1v) is 9.11. The summed E-state index contributed by atoms with van der Waals surface area (Å²) in [5, 5.41) is 5.67. The molecule has 0 spiro atoms. The lowest BCUT2D eigenvalue weighted by Gasteiger charge is -2.15. The van der Waals surface area contributed by atoms with Crippen LogP contribution in [0.3, 0.4) is 0 Å². The van der Waals surface area contributed by atoms with Crippen molar-refractivity contribution in [3.8, 4) is 11.5 Å². The fourth-order valence-electron chi connectivity index (χ4n) is 2.39. The highest BCUT2D eigenvalue weighted by Gasteiger charge is 2.07. The largest absolute Gasteiger partial charge is 0.493 e. The highest BCUT2D eigenvalue weighted by atomic mass is 32.1. The van der Waals surface area contributed by atoms with E-state index in [4.69, 9.17) is 21.7 Å². The Bertz CT molecular complexity index is 926. The van der Waals surface area contributed by atoms with Gasteiger partial charge < -0.3 is 19.7 Å². The number of methoxy groups -OCH3 is 2. The number of carbonyl (C=O) groups excluding carboxylic acids is 2. The Hall–Kier alpha value is -3.39. The van der Waals surface area contributed by atoms with Crippen LogP contribution in [-0.2, 0) is 9.59 Å². The van der Waals surface area contributed by atoms with Crippen LogP contribution in [0.5, 0.6) is 11.5 Å². The number of benzene rings is 2. The summed E-state index contributed by atoms with van der Waals surface area (Å²) >= 11 is 5.16. The number of anilines is 2. The van der Waals surface area contributed by atoms with E-state index in [1.807, 2.05) is 0 Å². The number of amides is 2. The second kappa shape index (κ2) is 10.2. The summed E-state index contributed by atoms with van der Waals surface area (Å²) in [7, 11) is 4.80. The maximum absolute atomic E-state index is 12.1. The zero-order chi connectivity index (χ0) is 21.4. The number of nitrogens with zero attached hydrogens (tertiary/aromatic N) is 1. The van der Waals surface area contributed by atoms with Gasteiger partial charge in [-0.1, -0.05) is 6.07 Å². The Labute approximate surface area is 175 Å². The Kier molecular flexibility index (Phi) is 7.73. The first-order valence-electron chi connectivity index (χ1n) is 8.70. The van der Waals surface area contributed by atoms with Crippen LogP contribution in [0.15, 0.2) is 48.5 Å². The van der Waals surface area contributed by atoms with Gasteiger partial charge in [0.15, 0.2) is 16.6 Å². The molecular weight excluding hydrogens is 390 g/mol. The minimum absolute atomic E-state index is 0.0604. The minimum Gasteiger partial charge on any atom is -0.493 e. The molecule has 0 saturated heterocycles. The Morgan fingerprint density at radius 1 is 1.03 bits per heavy atom. The topological polar surface area (TPSA) is 79.9 Å². The van der Waals surface area contributed by atoms with E-state index in [1.165, 1.54) is 17.9 Å². The zero-order valence-electron chi connectivity index (χ0n) is 16.7. The van der Waals surface area contributed by atoms with Gasteiger partial charge in [0.25, 0.3) is 0 Å². The van der Waals surface area contributed by atoms with E-state index in [0.29, 0.717) is 17.2 Å². The molecule has 152 valence electrons. The lowest BCUT2D eigenvalue weighted by molar-refractivity contribution is -0.116. The second-order valence-electron chi connectivity index (χ2n) is 6.02. The molecule has 0 unspecified atom stereocenters. The standard InChI is InChI=1S/C21H23N3O4S/c1-14(25)24(2)17-9-7-16(8-10-17)22-21(29)23-20(26)12-6-15-5-11-18(27-3)19(13-15)28-4/h5-13H,1-4H3,(H2,22,23,26,29). The molecule has 0 aliphatic carbocycles. The SMILES string of the molecule is COc1ccc(C=CC(=O)NC(=S)Nc2ccc(N(C)C(C)=O)cc2)cc1OC. The summed E-state index contributed by atoms with van der Waals surface area (Å²) in [6.07, 6.45) is 3.02. The van der Waals surface area contributed by atoms with E-state index in [9.17, 15) is 9.59 Å². The van der Waals surface area contributed by atoms with E-state index < -0.39 is 0 Å². The Morgan fingerprint density at radius 3 is 2.28 bits per heavy atom. The van der Waals surface area contributed by atoms with Crippen molar-refractivity contribution < 1.29 is 19.1 Å². The summed E-state index contributed by atoms with van der Waals surface area (Å²) in [4.78, 5) is 25.0. The molecule has 2 aromatic carbocycles. The molecular formula is C21H23N3O4S. The maximum Gasteiger partial charge on any atom is 0.250 e. The third-order valence-corrected chi connectivity index (χ3v) is 4.26. The highest BCUT2D eigenvalue weighted by molar-refractivity contribution is 7.80. The van der Waals surface area contributed by atoms with Crippen LogP contribution in [0.2, 0.25) is 0 Å². The van der Waals surface area contributed by atoms with E-state index >= 15 is 0 Å². The normalized spacial score (nSPS) is 10.3. The summed E-state index contributed by atoms with van der Waals surface area (Å²) in [6.45, 7) is 1.49. The predicted octanol–water partition coefficient (Wildman–Crippen LogP) is 3.21. The van der Waals surface area contributed by atoms with Crippen molar-refractivity contribution in [1.82, 2.24) is 5.32 Å². The van der Waals surface area contributed by atoms with Gasteiger partial charge in [0, 0.05) is 31.4 Å². The molecule has 2 amide bonds. The van der Waals surface area contributed by atoms with Gasteiger partial charge in [0.05, 0.1) is 14.2 Å². The van der Waals surface area contributed by atoms with Crippen molar-refractivity contribution in [3.63, 3.8) is 0 Å². The van der Waals surface area contributed by atoms with Gasteiger partial charge in [-0.05, 0) is 60.3 Å². The van der Waals surface area contributed by atoms with Gasteiger partial charge >= 0.3 is 0 Å². The van der Waals surface area contributed by atoms with E-state index in [0.717, 1.165) is 11.3 Å². The molecule has 2 rings (SSSR count). The average Bonchev–Trinajstić information content (AvgIpc) is 2.71. The third kappa shape index (κ3) is 6.32. The molecule has 7 nitrogen and oxygen atoms in total. The van der Waals surface area contributed by atoms with E-state index in [1.54, 1.807) is 69.8 Å². The van der Waals surface area contributed by atoms with Crippen molar-refractivity contribution in [2.75, 3.05) is 31.5 Å². The molecule has 0 aliphatic rings. The van der Waals surface area contributed by atoms with Gasteiger partial charge in [-0.3, -0.25) is 14.9 Å². The summed E-state index contributed by atoms with van der Waals surface area (Å²) in [5.74, 6) is 0.756. The first kappa shape index (κ1) is 21.9. The molecule has 0 aromatic heterocycles. The number of hydrogen-bond donors (Lipinski definition) is 2. The Morgan fingerprint density at radius 2 is 1.69 bits per heavy atom. The molecule has 0 fully saturated rings. The second-order valence-corrected chi connectivity index (χ2v) is 6.42. The van der Waals surface area contributed by atoms with Crippen molar-refractivity contribution in [2.45, 2.75) is 6.92 Å². The van der Waals surface area contributed by atoms with Crippen LogP contribution in [0.4, 0.5) is 11.4 Å². The monoisotopic (exact) mass is 413 g/mol. The maximum atomic E-state index is 12.1. The van der Waals surface area contributed by atoms with Crippen LogP contribution in [-0.4, -0.2) is 38.2 Å². The van der Waals surface area contributed by atoms with Crippen LogP contribution < -0.4 is 25.0 Å². The van der Waals surface area contributed by atoms with Gasteiger partial charge in [-0.15, -0.1) is 0 Å². The average molecular weight is 413 g/mol. The van der Waals surface area contributed by atoms with Gasteiger partial charge in [0.1, 0.15) is 0 Å². The smallest absolute Gasteiger partial charge is 0.250 e. The number of ether oxygens (including phenoxy) is 2. The molecule has 2 aromatic rings. The van der Waals surface area contributed by atoms with Crippen molar-refractivity contribution in [1.29, 1.82) is 0 Å². The van der Waals surface area contributed by atoms with Crippen molar-refractivity contribution in [3.05, 3.63) is 54.1 Å². The van der Waals surface area contributed by atoms with Crippen LogP contribution >= 0.6 is 12.2 Å². The fourth-order valence-corrected chi connectivity index (χ4v) is 2.61. The molecule has 0 aliphatic heterocycles. The minimum atomic E-state index is -0.370. The predicted molar refractivity (Wildman–Crippen MR) is 118 cm³/mol. The number of nitrogens with one attached hydrogen (secondary N) is 2. The molecule has 0 radical (unpaired) electrons. The molecule has 8 heteroatoms. The fraction of sp³-hybridized carbons (Fsp3) is 0.190. The van der Waals surface area contributed by atoms with E-state index in [2.05, 4.69) is 10.6 Å². The highest BCUT2D eigenvalue weighted by Crippen LogP contribution is 2.27. The molecule has 0 atom stereocenters. The number of rotatable bonds is 6. The van der Waals surface area contributed by atoms with Crippen molar-refractivity contribution in [2.24, 2.45) is 0 Å². The molecule has 29 heavy (non-hydrogen) atoms. The summed E-state index contributed by atoms with van der Waals surface area (Å²) in [6, 6.07) is 12.4. The summed E-state index contributed by atoms with van der Waals surface area (Å²) < 4.78 is 10.4. The molecule has 0 heterocycles. The lowest BCUT2D eigenvalue weighted by atomic mass is 10.2. The molecule has 0 saturated carbocycles. The summed E-state index contributed by atoms with van der Waals surface area (Å²) in [5.41, 5.74) is 2.23. The van der Waals surface area contributed by atoms with Gasteiger partial charge in [-0.25, -0.2) is 0 Å². The number of hydrogen-bond acceptors (Lipinski definition) is 5.